The maximum absolute atomic E-state index is 14.0. The van der Waals surface area contributed by atoms with Crippen molar-refractivity contribution in [1.29, 1.82) is 0 Å². The highest BCUT2D eigenvalue weighted by Gasteiger charge is 2.35. The Morgan fingerprint density at radius 2 is 1.88 bits per heavy atom. The van der Waals surface area contributed by atoms with Gasteiger partial charge >= 0.3 is 6.18 Å². The fraction of sp³-hybridized carbons (Fsp3) is 0.267. The Labute approximate surface area is 234 Å². The third-order valence-electron chi connectivity index (χ3n) is 7.23. The molecule has 1 unspecified atom stereocenters. The van der Waals surface area contributed by atoms with E-state index in [9.17, 15) is 18.0 Å². The first-order chi connectivity index (χ1) is 19.4. The maximum Gasteiger partial charge on any atom is 0.416 e. The summed E-state index contributed by atoms with van der Waals surface area (Å²) in [4.78, 5) is 21.0. The van der Waals surface area contributed by atoms with Crippen LogP contribution in [0.5, 0.6) is 0 Å². The highest BCUT2D eigenvalue weighted by molar-refractivity contribution is 7.99. The second kappa shape index (κ2) is 11.0. The van der Waals surface area contributed by atoms with Gasteiger partial charge in [0.25, 0.3) is 5.56 Å². The van der Waals surface area contributed by atoms with E-state index >= 15 is 0 Å². The van der Waals surface area contributed by atoms with Crippen LogP contribution in [0.25, 0.3) is 5.69 Å². The van der Waals surface area contributed by atoms with Crippen molar-refractivity contribution in [3.63, 3.8) is 0 Å². The van der Waals surface area contributed by atoms with E-state index in [-0.39, 0.29) is 5.56 Å². The summed E-state index contributed by atoms with van der Waals surface area (Å²) < 4.78 is 41.3. The van der Waals surface area contributed by atoms with Gasteiger partial charge in [0.15, 0.2) is 11.4 Å². The number of halogens is 3. The van der Waals surface area contributed by atoms with Gasteiger partial charge in [0.1, 0.15) is 0 Å². The Bertz CT molecular complexity index is 1560. The highest BCUT2D eigenvalue weighted by Crippen LogP contribution is 2.37. The van der Waals surface area contributed by atoms with E-state index in [2.05, 4.69) is 28.9 Å². The number of benzene rings is 2. The maximum atomic E-state index is 14.0. The number of hydrogen-bond donors (Lipinski definition) is 2. The molecule has 2 N–H and O–H groups in total. The summed E-state index contributed by atoms with van der Waals surface area (Å²) >= 11 is 1.58. The minimum absolute atomic E-state index is 0.115. The van der Waals surface area contributed by atoms with Crippen LogP contribution in [0.4, 0.5) is 24.5 Å². The number of hydrogen-bond acceptors (Lipinski definition) is 6. The van der Waals surface area contributed by atoms with Crippen molar-refractivity contribution < 1.29 is 13.2 Å². The third kappa shape index (κ3) is 5.46. The molecule has 1 aliphatic carbocycles. The van der Waals surface area contributed by atoms with Crippen LogP contribution in [0.15, 0.2) is 94.4 Å². The summed E-state index contributed by atoms with van der Waals surface area (Å²) in [5.41, 5.74) is 3.59. The van der Waals surface area contributed by atoms with Gasteiger partial charge in [0.05, 0.1) is 33.9 Å². The fourth-order valence-electron chi connectivity index (χ4n) is 5.15. The molecule has 0 bridgehead atoms. The van der Waals surface area contributed by atoms with Gasteiger partial charge < -0.3 is 10.6 Å². The molecule has 0 saturated heterocycles. The van der Waals surface area contributed by atoms with E-state index in [1.165, 1.54) is 11.6 Å². The van der Waals surface area contributed by atoms with Crippen LogP contribution in [0.3, 0.4) is 0 Å². The van der Waals surface area contributed by atoms with Gasteiger partial charge in [-0.2, -0.15) is 13.2 Å². The Balaban J connectivity index is 1.25. The van der Waals surface area contributed by atoms with Crippen LogP contribution in [0.2, 0.25) is 0 Å². The minimum Gasteiger partial charge on any atom is -0.351 e. The molecule has 1 atom stereocenters. The molecule has 10 heteroatoms. The first-order valence-corrected chi connectivity index (χ1v) is 14.2. The summed E-state index contributed by atoms with van der Waals surface area (Å²) in [6.45, 7) is 0.933. The molecule has 3 aromatic rings. The summed E-state index contributed by atoms with van der Waals surface area (Å²) in [5, 5.41) is 7.08. The predicted molar refractivity (Wildman–Crippen MR) is 153 cm³/mol. The number of alkyl halides is 3. The van der Waals surface area contributed by atoms with Crippen molar-refractivity contribution in [2.45, 2.75) is 43.4 Å². The zero-order chi connectivity index (χ0) is 27.7. The minimum atomic E-state index is -4.41. The molecule has 0 saturated carbocycles. The average molecular weight is 564 g/mol. The number of nitrogens with zero attached hydrogens (tertiary/aromatic N) is 3. The quantitative estimate of drug-likeness (QED) is 0.269. The molecular weight excluding hydrogens is 535 g/mol. The van der Waals surface area contributed by atoms with Gasteiger partial charge in [-0.05, 0) is 43.2 Å². The van der Waals surface area contributed by atoms with E-state index in [1.807, 2.05) is 47.4 Å². The van der Waals surface area contributed by atoms with E-state index in [0.717, 1.165) is 42.1 Å². The van der Waals surface area contributed by atoms with Gasteiger partial charge in [-0.25, -0.2) is 4.98 Å². The number of nitrogens with one attached hydrogen (secondary N) is 2. The number of rotatable bonds is 6. The molecule has 6 rings (SSSR count). The van der Waals surface area contributed by atoms with Gasteiger partial charge in [0, 0.05) is 25.3 Å². The monoisotopic (exact) mass is 563 g/mol. The number of allylic oxidation sites excluding steroid dienone is 6. The molecule has 2 aliphatic heterocycles. The second-order valence-corrected chi connectivity index (χ2v) is 10.9. The Kier molecular flexibility index (Phi) is 7.29. The summed E-state index contributed by atoms with van der Waals surface area (Å²) in [6, 6.07) is 13.1. The topological polar surface area (TPSA) is 62.2 Å². The van der Waals surface area contributed by atoms with Gasteiger partial charge in [-0.15, -0.1) is 0 Å². The predicted octanol–water partition coefficient (Wildman–Crippen LogP) is 6.36. The molecule has 0 fully saturated rings. The van der Waals surface area contributed by atoms with E-state index in [0.29, 0.717) is 41.6 Å². The number of aromatic nitrogens is 2. The molecule has 3 aliphatic rings. The van der Waals surface area contributed by atoms with Crippen LogP contribution in [0, 0.1) is 0 Å². The average Bonchev–Trinajstić information content (AvgIpc) is 3.21. The Morgan fingerprint density at radius 1 is 1.05 bits per heavy atom. The van der Waals surface area contributed by atoms with Crippen LogP contribution in [-0.4, -0.2) is 33.0 Å². The Hall–Kier alpha value is -3.76. The summed E-state index contributed by atoms with van der Waals surface area (Å²) in [6.07, 6.45) is 8.06. The lowest BCUT2D eigenvalue weighted by Gasteiger charge is -2.33. The first-order valence-electron chi connectivity index (χ1n) is 13.2. The second-order valence-electron chi connectivity index (χ2n) is 9.87. The standard InChI is InChI=1S/C30H28F3N5OS/c31-30(32,33)21-12-13-25-26(18-21)35-28(34-25)37-16-14-24-23(19-37)27(39)38(22-10-6-3-7-11-22)29(36-24)40-17-15-20-8-4-1-2-5-9-20/h1-4,6-13,18,28,34-35H,5,14-17,19H2. The largest absolute Gasteiger partial charge is 0.416 e. The number of fused-ring (bicyclic) bond motifs is 2. The molecule has 2 aromatic carbocycles. The smallest absolute Gasteiger partial charge is 0.351 e. The van der Waals surface area contributed by atoms with Gasteiger partial charge in [-0.1, -0.05) is 65.9 Å². The van der Waals surface area contributed by atoms with Gasteiger partial charge in [0.2, 0.25) is 0 Å². The third-order valence-corrected chi connectivity index (χ3v) is 8.18. The summed E-state index contributed by atoms with van der Waals surface area (Å²) in [7, 11) is 0. The molecular formula is C30H28F3N5OS. The number of anilines is 2. The molecule has 40 heavy (non-hydrogen) atoms. The van der Waals surface area contributed by atoms with Crippen molar-refractivity contribution in [2.75, 3.05) is 22.9 Å². The number of para-hydroxylation sites is 1. The van der Waals surface area contributed by atoms with Crippen molar-refractivity contribution in [3.05, 3.63) is 112 Å². The molecule has 6 nitrogen and oxygen atoms in total. The van der Waals surface area contributed by atoms with Crippen LogP contribution >= 0.6 is 11.8 Å². The molecule has 206 valence electrons. The highest BCUT2D eigenvalue weighted by atomic mass is 32.2. The molecule has 0 radical (unpaired) electrons. The molecule has 0 amide bonds. The lowest BCUT2D eigenvalue weighted by atomic mass is 10.1. The number of thioether (sulfide) groups is 1. The first kappa shape index (κ1) is 26.5. The summed E-state index contributed by atoms with van der Waals surface area (Å²) in [5.74, 6) is 0.786. The molecule has 0 spiro atoms. The van der Waals surface area contributed by atoms with Crippen LogP contribution in [-0.2, 0) is 19.1 Å². The van der Waals surface area contributed by atoms with E-state index in [1.54, 1.807) is 16.3 Å². The molecule has 1 aromatic heterocycles. The van der Waals surface area contributed by atoms with Crippen molar-refractivity contribution in [2.24, 2.45) is 0 Å². The van der Waals surface area contributed by atoms with E-state index < -0.39 is 18.0 Å². The van der Waals surface area contributed by atoms with Crippen LogP contribution in [0.1, 0.15) is 29.7 Å². The van der Waals surface area contributed by atoms with Gasteiger partial charge in [-0.3, -0.25) is 14.3 Å². The zero-order valence-corrected chi connectivity index (χ0v) is 22.4. The lowest BCUT2D eigenvalue weighted by Crippen LogP contribution is -2.48. The van der Waals surface area contributed by atoms with E-state index in [4.69, 9.17) is 4.98 Å². The van der Waals surface area contributed by atoms with Crippen molar-refractivity contribution in [3.8, 4) is 5.69 Å². The SMILES string of the molecule is O=c1c2c(nc(SCCC3=CCC=CC=C3)n1-c1ccccc1)CCN(C1Nc3ccc(C(F)(F)F)cc3N1)C2. The Morgan fingerprint density at radius 3 is 2.70 bits per heavy atom. The fourth-order valence-corrected chi connectivity index (χ4v) is 6.16. The molecule has 3 heterocycles. The normalized spacial score (nSPS) is 18.4. The van der Waals surface area contributed by atoms with Crippen LogP contribution < -0.4 is 16.2 Å². The lowest BCUT2D eigenvalue weighted by molar-refractivity contribution is -0.137. The van der Waals surface area contributed by atoms with Crippen molar-refractivity contribution in [1.82, 2.24) is 14.5 Å². The zero-order valence-electron chi connectivity index (χ0n) is 21.6. The van der Waals surface area contributed by atoms with Crippen molar-refractivity contribution >= 4 is 23.1 Å².